The topological polar surface area (TPSA) is 27.0 Å². The van der Waals surface area contributed by atoms with Crippen molar-refractivity contribution in [1.29, 1.82) is 5.26 Å². The van der Waals surface area contributed by atoms with Crippen LogP contribution < -0.4 is 4.90 Å². The Morgan fingerprint density at radius 3 is 0.472 bits per heavy atom. The number of hydrogen-bond donors (Lipinski definition) is 0. The molecular formula is C125H232N2. The molecule has 127 heavy (non-hydrogen) atoms. The SMILES string of the molecule is N#Cc1ccc(N2CCCCCCCCCCCCCCCCCCCCCCCCCCCCCCCCCCCCCCCCCCCCCCCCCCCCCCCCCCCCCCCCCCCCCCCCCCCCCCCCCCCCCCCCCCCCCCCCCCCCCCCCCCCCC3CCC2CC3)c2ccccc12. The standard InChI is InChI=1S/C125H232N2/c126-119-121-114-117-125(124-111-107-106-110-123(121)124)127-118-108-104-102-100-98-96-94-92-90-88-86-84-82-80-78-76-74-72-70-68-66-64-62-60-58-56-54-52-50-48-46-44-42-40-38-36-34-32-30-28-26-24-22-20-18-16-14-12-10-8-6-4-2-1-3-5-7-9-11-13-15-17-19-21-23-25-27-29-31-33-35-37-39-41-43-45-47-49-51-53-55-57-59-61-63-65-67-69-71-73-75-77-79-81-83-85-87-89-91-93-95-97-99-101-103-105-109-120-112-115-122(127)116-113-120/h106-107,110-111,114,117,120,122H,1-105,108-109,112-113,115-116,118H2. The number of fused-ring (bicyclic) bond motifs is 111. The van der Waals surface area contributed by atoms with E-state index >= 15 is 0 Å². The first-order valence-electron chi connectivity index (χ1n) is 61.1. The zero-order valence-electron chi connectivity index (χ0n) is 87.2. The van der Waals surface area contributed by atoms with Gasteiger partial charge in [0, 0.05) is 29.0 Å². The van der Waals surface area contributed by atoms with Gasteiger partial charge in [0.05, 0.1) is 11.6 Å². The Balaban J connectivity index is 0.943. The molecule has 3 fully saturated rings. The first kappa shape index (κ1) is 117. The Bertz CT molecular complexity index is 2420. The quantitative estimate of drug-likeness (QED) is 0.285. The van der Waals surface area contributed by atoms with Gasteiger partial charge >= 0.3 is 0 Å². The highest BCUT2D eigenvalue weighted by atomic mass is 15.2. The lowest BCUT2D eigenvalue weighted by atomic mass is 9.82. The molecule has 0 unspecified atom stereocenters. The van der Waals surface area contributed by atoms with E-state index < -0.39 is 0 Å². The second kappa shape index (κ2) is 98.5. The molecule has 2 nitrogen and oxygen atoms in total. The van der Waals surface area contributed by atoms with Crippen LogP contribution >= 0.6 is 0 Å². The van der Waals surface area contributed by atoms with Crippen LogP contribution in [0, 0.1) is 17.2 Å². The Kier molecular flexibility index (Phi) is 91.0. The molecule has 2 bridgehead atoms. The summed E-state index contributed by atoms with van der Waals surface area (Å²) >= 11 is 0. The van der Waals surface area contributed by atoms with Crippen LogP contribution in [0.1, 0.15) is 718 Å². The third-order valence-corrected chi connectivity index (χ3v) is 31.8. The summed E-state index contributed by atoms with van der Waals surface area (Å²) in [6.45, 7) is 1.16. The van der Waals surface area contributed by atoms with E-state index in [4.69, 9.17) is 0 Å². The van der Waals surface area contributed by atoms with Crippen molar-refractivity contribution in [3.8, 4) is 6.07 Å². The van der Waals surface area contributed by atoms with Crippen LogP contribution in [0.5, 0.6) is 0 Å². The maximum atomic E-state index is 10.0. The Hall–Kier alpha value is -2.01. The average molecular weight is 1760 g/mol. The summed E-state index contributed by atoms with van der Waals surface area (Å²) in [5.74, 6) is 0.921. The predicted octanol–water partition coefficient (Wildman–Crippen LogP) is 45.8. The highest BCUT2D eigenvalue weighted by Gasteiger charge is 2.27. The minimum absolute atomic E-state index is 0.627. The summed E-state index contributed by atoms with van der Waals surface area (Å²) in [4.78, 5) is 2.82. The molecule has 5 rings (SSSR count). The lowest BCUT2D eigenvalue weighted by molar-refractivity contribution is 0.292. The normalized spacial score (nSPS) is 24.1. The van der Waals surface area contributed by atoms with Crippen molar-refractivity contribution in [3.05, 3.63) is 42.0 Å². The molecule has 1 aliphatic carbocycles. The van der Waals surface area contributed by atoms with E-state index in [0.29, 0.717) is 6.04 Å². The minimum Gasteiger partial charge on any atom is -0.368 e. The molecule has 0 radical (unpaired) electrons. The molecule has 742 valence electrons. The molecule has 3 aliphatic rings. The van der Waals surface area contributed by atoms with E-state index in [-0.39, 0.29) is 0 Å². The monoisotopic (exact) mass is 1760 g/mol. The maximum absolute atomic E-state index is 10.0. The molecule has 2 heteroatoms. The van der Waals surface area contributed by atoms with Crippen LogP contribution in [0.15, 0.2) is 36.4 Å². The molecule has 0 N–H and O–H groups in total. The molecule has 1 saturated carbocycles. The van der Waals surface area contributed by atoms with Crippen molar-refractivity contribution in [2.45, 2.75) is 719 Å². The molecule has 0 amide bonds. The van der Waals surface area contributed by atoms with Gasteiger partial charge in [-0.2, -0.15) is 5.26 Å². The van der Waals surface area contributed by atoms with Crippen molar-refractivity contribution in [2.24, 2.45) is 5.92 Å². The molecule has 0 atom stereocenters. The van der Waals surface area contributed by atoms with Crippen molar-refractivity contribution in [1.82, 2.24) is 0 Å². The van der Waals surface area contributed by atoms with Gasteiger partial charge in [-0.25, -0.2) is 0 Å². The van der Waals surface area contributed by atoms with Crippen molar-refractivity contribution in [2.75, 3.05) is 11.4 Å². The number of rotatable bonds is 1. The molecule has 2 aliphatic heterocycles. The van der Waals surface area contributed by atoms with E-state index in [1.165, 1.54) is 724 Å². The molecule has 0 aromatic heterocycles. The number of nitriles is 1. The fraction of sp³-hybridized carbons (Fsp3) is 0.912. The van der Waals surface area contributed by atoms with Gasteiger partial charge in [-0.3, -0.25) is 0 Å². The highest BCUT2D eigenvalue weighted by molar-refractivity contribution is 5.98. The Morgan fingerprint density at radius 2 is 0.307 bits per heavy atom. The molecule has 0 spiro atoms. The van der Waals surface area contributed by atoms with Gasteiger partial charge in [0.25, 0.3) is 0 Å². The molecule has 2 heterocycles. The number of anilines is 1. The Labute approximate surface area is 800 Å². The van der Waals surface area contributed by atoms with Gasteiger partial charge in [0.1, 0.15) is 0 Å². The highest BCUT2D eigenvalue weighted by Crippen LogP contribution is 2.38. The fourth-order valence-electron chi connectivity index (χ4n) is 23.0. The number of benzene rings is 2. The summed E-state index contributed by atoms with van der Waals surface area (Å²) in [6, 6.07) is 16.3. The third-order valence-electron chi connectivity index (χ3n) is 31.8. The van der Waals surface area contributed by atoms with E-state index in [1.807, 2.05) is 0 Å². The fourth-order valence-corrected chi connectivity index (χ4v) is 23.0. The summed E-state index contributed by atoms with van der Waals surface area (Å²) in [7, 11) is 0. The van der Waals surface area contributed by atoms with Gasteiger partial charge in [0.2, 0.25) is 0 Å². The second-order valence-corrected chi connectivity index (χ2v) is 43.9. The molecule has 2 saturated heterocycles. The summed E-state index contributed by atoms with van der Waals surface area (Å²) in [5.41, 5.74) is 2.20. The lowest BCUT2D eigenvalue weighted by Gasteiger charge is -2.39. The van der Waals surface area contributed by atoms with Crippen molar-refractivity contribution in [3.63, 3.8) is 0 Å². The van der Waals surface area contributed by atoms with Crippen LogP contribution in [0.2, 0.25) is 0 Å². The van der Waals surface area contributed by atoms with Gasteiger partial charge in [-0.1, -0.05) is 705 Å². The molecular weight excluding hydrogens is 1530 g/mol. The van der Waals surface area contributed by atoms with Crippen molar-refractivity contribution >= 4 is 16.5 Å². The zero-order valence-corrected chi connectivity index (χ0v) is 87.2. The number of hydrogen-bond acceptors (Lipinski definition) is 2. The van der Waals surface area contributed by atoms with Gasteiger partial charge < -0.3 is 4.90 Å². The molecule has 2 aromatic carbocycles. The van der Waals surface area contributed by atoms with Gasteiger partial charge in [-0.05, 0) is 50.2 Å². The zero-order chi connectivity index (χ0) is 89.2. The van der Waals surface area contributed by atoms with E-state index in [9.17, 15) is 5.26 Å². The van der Waals surface area contributed by atoms with E-state index in [0.717, 1.165) is 23.4 Å². The van der Waals surface area contributed by atoms with Crippen LogP contribution in [0.25, 0.3) is 10.8 Å². The first-order valence-corrected chi connectivity index (χ1v) is 61.1. The minimum atomic E-state index is 0.627. The maximum Gasteiger partial charge on any atom is 0.0998 e. The van der Waals surface area contributed by atoms with E-state index in [1.54, 1.807) is 0 Å². The largest absolute Gasteiger partial charge is 0.368 e. The average Bonchev–Trinajstić information content (AvgIpc) is 0.783. The van der Waals surface area contributed by atoms with Gasteiger partial charge in [0.15, 0.2) is 0 Å². The summed E-state index contributed by atoms with van der Waals surface area (Å²) < 4.78 is 0. The van der Waals surface area contributed by atoms with E-state index in [2.05, 4.69) is 47.4 Å². The second-order valence-electron chi connectivity index (χ2n) is 43.9. The summed E-state index contributed by atoms with van der Waals surface area (Å²) in [5, 5.41) is 12.5. The van der Waals surface area contributed by atoms with Crippen LogP contribution in [-0.4, -0.2) is 12.6 Å². The summed E-state index contributed by atoms with van der Waals surface area (Å²) in [6.07, 6.45) is 164. The third kappa shape index (κ3) is 78.8. The van der Waals surface area contributed by atoms with Gasteiger partial charge in [-0.15, -0.1) is 0 Å². The van der Waals surface area contributed by atoms with Crippen LogP contribution in [-0.2, 0) is 0 Å². The lowest BCUT2D eigenvalue weighted by Crippen LogP contribution is -2.39. The van der Waals surface area contributed by atoms with Crippen LogP contribution in [0.3, 0.4) is 0 Å². The Morgan fingerprint density at radius 1 is 0.157 bits per heavy atom. The van der Waals surface area contributed by atoms with Crippen molar-refractivity contribution < 1.29 is 0 Å². The smallest absolute Gasteiger partial charge is 0.0998 e. The van der Waals surface area contributed by atoms with Crippen LogP contribution in [0.4, 0.5) is 5.69 Å². The molecule has 2 aromatic rings. The first-order chi connectivity index (χ1) is 63.4. The number of nitrogens with zero attached hydrogens (tertiary/aromatic N) is 2. The predicted molar refractivity (Wildman–Crippen MR) is 576 cm³/mol.